The Bertz CT molecular complexity index is 629. The van der Waals surface area contributed by atoms with E-state index in [9.17, 15) is 0 Å². The highest BCUT2D eigenvalue weighted by Crippen LogP contribution is 2.16. The standard InChI is InChI=1S/C17H18N2O/c1-13-4-3-5-16(10-13)20-9-8-19-17-11-14(2)6-7-15(17)12-18/h3-7,10-11,19H,8-9H2,1-2H3. The maximum atomic E-state index is 9.05. The van der Waals surface area contributed by atoms with Gasteiger partial charge in [-0.05, 0) is 49.2 Å². The fourth-order valence-corrected chi connectivity index (χ4v) is 1.96. The van der Waals surface area contributed by atoms with Crippen molar-refractivity contribution in [1.29, 1.82) is 5.26 Å². The van der Waals surface area contributed by atoms with Gasteiger partial charge in [0.25, 0.3) is 0 Å². The third kappa shape index (κ3) is 3.76. The molecule has 0 saturated carbocycles. The van der Waals surface area contributed by atoms with Crippen molar-refractivity contribution in [1.82, 2.24) is 0 Å². The maximum Gasteiger partial charge on any atom is 0.119 e. The van der Waals surface area contributed by atoms with Crippen LogP contribution < -0.4 is 10.1 Å². The Balaban J connectivity index is 1.87. The molecule has 0 fully saturated rings. The van der Waals surface area contributed by atoms with Crippen LogP contribution in [0.5, 0.6) is 5.75 Å². The van der Waals surface area contributed by atoms with Crippen LogP contribution in [-0.2, 0) is 0 Å². The minimum atomic E-state index is 0.558. The summed E-state index contributed by atoms with van der Waals surface area (Å²) in [7, 11) is 0. The number of ether oxygens (including phenoxy) is 1. The number of nitrogens with one attached hydrogen (secondary N) is 1. The van der Waals surface area contributed by atoms with Gasteiger partial charge in [-0.25, -0.2) is 0 Å². The highest BCUT2D eigenvalue weighted by Gasteiger charge is 2.01. The number of hydrogen-bond acceptors (Lipinski definition) is 3. The molecule has 0 heterocycles. The number of nitriles is 1. The lowest BCUT2D eigenvalue weighted by Gasteiger charge is -2.10. The van der Waals surface area contributed by atoms with Gasteiger partial charge in [-0.1, -0.05) is 18.2 Å². The van der Waals surface area contributed by atoms with E-state index in [0.29, 0.717) is 18.7 Å². The topological polar surface area (TPSA) is 45.0 Å². The van der Waals surface area contributed by atoms with Gasteiger partial charge in [-0.2, -0.15) is 5.26 Å². The third-order valence-electron chi connectivity index (χ3n) is 2.97. The highest BCUT2D eigenvalue weighted by molar-refractivity contribution is 5.58. The third-order valence-corrected chi connectivity index (χ3v) is 2.97. The van der Waals surface area contributed by atoms with Crippen molar-refractivity contribution in [2.24, 2.45) is 0 Å². The highest BCUT2D eigenvalue weighted by atomic mass is 16.5. The van der Waals surface area contributed by atoms with E-state index in [1.807, 2.05) is 56.3 Å². The van der Waals surface area contributed by atoms with Crippen LogP contribution in [-0.4, -0.2) is 13.2 Å². The molecule has 3 heteroatoms. The van der Waals surface area contributed by atoms with E-state index < -0.39 is 0 Å². The van der Waals surface area contributed by atoms with Gasteiger partial charge in [0, 0.05) is 6.54 Å². The molecule has 3 nitrogen and oxygen atoms in total. The Labute approximate surface area is 119 Å². The minimum Gasteiger partial charge on any atom is -0.492 e. The first-order valence-electron chi connectivity index (χ1n) is 6.63. The van der Waals surface area contributed by atoms with Crippen LogP contribution in [0.1, 0.15) is 16.7 Å². The summed E-state index contributed by atoms with van der Waals surface area (Å²) in [5.74, 6) is 0.872. The molecule has 0 aromatic heterocycles. The van der Waals surface area contributed by atoms with Gasteiger partial charge in [0.1, 0.15) is 18.4 Å². The van der Waals surface area contributed by atoms with Crippen LogP contribution in [0.3, 0.4) is 0 Å². The zero-order chi connectivity index (χ0) is 14.4. The summed E-state index contributed by atoms with van der Waals surface area (Å²) in [6.07, 6.45) is 0. The van der Waals surface area contributed by atoms with Crippen LogP contribution in [0, 0.1) is 25.2 Å². The normalized spacial score (nSPS) is 9.85. The van der Waals surface area contributed by atoms with Crippen LogP contribution in [0.2, 0.25) is 0 Å². The van der Waals surface area contributed by atoms with Crippen LogP contribution in [0.4, 0.5) is 5.69 Å². The summed E-state index contributed by atoms with van der Waals surface area (Å²) < 4.78 is 5.67. The van der Waals surface area contributed by atoms with Crippen molar-refractivity contribution in [3.05, 3.63) is 59.2 Å². The van der Waals surface area contributed by atoms with Gasteiger partial charge in [-0.15, -0.1) is 0 Å². The lowest BCUT2D eigenvalue weighted by atomic mass is 10.1. The smallest absolute Gasteiger partial charge is 0.119 e. The average molecular weight is 266 g/mol. The van der Waals surface area contributed by atoms with Gasteiger partial charge >= 0.3 is 0 Å². The Hall–Kier alpha value is -2.47. The summed E-state index contributed by atoms with van der Waals surface area (Å²) in [4.78, 5) is 0. The maximum absolute atomic E-state index is 9.05. The van der Waals surface area contributed by atoms with E-state index in [-0.39, 0.29) is 0 Å². The second-order valence-corrected chi connectivity index (χ2v) is 4.75. The molecule has 0 radical (unpaired) electrons. The first-order chi connectivity index (χ1) is 9.69. The Morgan fingerprint density at radius 3 is 2.65 bits per heavy atom. The predicted octanol–water partition coefficient (Wildman–Crippen LogP) is 3.67. The molecule has 2 aromatic carbocycles. The molecular weight excluding hydrogens is 248 g/mol. The number of hydrogen-bond donors (Lipinski definition) is 1. The van der Waals surface area contributed by atoms with E-state index in [1.165, 1.54) is 5.56 Å². The van der Waals surface area contributed by atoms with Gasteiger partial charge in [0.2, 0.25) is 0 Å². The molecule has 0 saturated heterocycles. The number of nitrogens with zero attached hydrogens (tertiary/aromatic N) is 1. The summed E-state index contributed by atoms with van der Waals surface area (Å²) in [6, 6.07) is 15.9. The first kappa shape index (κ1) is 14.0. The monoisotopic (exact) mass is 266 g/mol. The Morgan fingerprint density at radius 1 is 1.10 bits per heavy atom. The van der Waals surface area contributed by atoms with E-state index in [2.05, 4.69) is 11.4 Å². The molecule has 0 aliphatic carbocycles. The van der Waals surface area contributed by atoms with Crippen LogP contribution in [0.25, 0.3) is 0 Å². The lowest BCUT2D eigenvalue weighted by molar-refractivity contribution is 0.332. The molecule has 2 rings (SSSR count). The number of anilines is 1. The van der Waals surface area contributed by atoms with Gasteiger partial charge in [-0.3, -0.25) is 0 Å². The molecule has 0 amide bonds. The number of benzene rings is 2. The summed E-state index contributed by atoms with van der Waals surface area (Å²) in [5, 5.41) is 12.3. The molecule has 0 aliphatic rings. The second kappa shape index (κ2) is 6.63. The van der Waals surface area contributed by atoms with E-state index in [1.54, 1.807) is 0 Å². The molecule has 102 valence electrons. The number of rotatable bonds is 5. The molecule has 0 spiro atoms. The van der Waals surface area contributed by atoms with Gasteiger partial charge < -0.3 is 10.1 Å². The largest absolute Gasteiger partial charge is 0.492 e. The molecule has 0 unspecified atom stereocenters. The molecule has 2 aromatic rings. The minimum absolute atomic E-state index is 0.558. The van der Waals surface area contributed by atoms with Crippen molar-refractivity contribution >= 4 is 5.69 Å². The Kier molecular flexibility index (Phi) is 4.62. The second-order valence-electron chi connectivity index (χ2n) is 4.75. The molecule has 0 atom stereocenters. The first-order valence-corrected chi connectivity index (χ1v) is 6.63. The van der Waals surface area contributed by atoms with Gasteiger partial charge in [0.05, 0.1) is 11.3 Å². The van der Waals surface area contributed by atoms with Crippen molar-refractivity contribution < 1.29 is 4.74 Å². The summed E-state index contributed by atoms with van der Waals surface area (Å²) in [6.45, 7) is 5.26. The average Bonchev–Trinajstić information content (AvgIpc) is 2.44. The van der Waals surface area contributed by atoms with Crippen LogP contribution >= 0.6 is 0 Å². The fourth-order valence-electron chi connectivity index (χ4n) is 1.96. The zero-order valence-electron chi connectivity index (χ0n) is 11.8. The molecule has 0 aliphatic heterocycles. The SMILES string of the molecule is Cc1cccc(OCCNc2cc(C)ccc2C#N)c1. The molecule has 0 bridgehead atoms. The summed E-state index contributed by atoms with van der Waals surface area (Å²) >= 11 is 0. The quantitative estimate of drug-likeness (QED) is 0.840. The van der Waals surface area contributed by atoms with Crippen molar-refractivity contribution in [3.8, 4) is 11.8 Å². The Morgan fingerprint density at radius 2 is 1.90 bits per heavy atom. The van der Waals surface area contributed by atoms with E-state index in [4.69, 9.17) is 10.00 Å². The molecule has 1 N–H and O–H groups in total. The zero-order valence-corrected chi connectivity index (χ0v) is 11.8. The molecule has 20 heavy (non-hydrogen) atoms. The number of aryl methyl sites for hydroxylation is 2. The lowest BCUT2D eigenvalue weighted by Crippen LogP contribution is -2.12. The fraction of sp³-hybridized carbons (Fsp3) is 0.235. The van der Waals surface area contributed by atoms with Crippen molar-refractivity contribution in [2.75, 3.05) is 18.5 Å². The van der Waals surface area contributed by atoms with Crippen molar-refractivity contribution in [2.45, 2.75) is 13.8 Å². The van der Waals surface area contributed by atoms with E-state index >= 15 is 0 Å². The summed E-state index contributed by atoms with van der Waals surface area (Å²) in [5.41, 5.74) is 3.83. The van der Waals surface area contributed by atoms with Gasteiger partial charge in [0.15, 0.2) is 0 Å². The van der Waals surface area contributed by atoms with Crippen molar-refractivity contribution in [3.63, 3.8) is 0 Å². The van der Waals surface area contributed by atoms with Crippen LogP contribution in [0.15, 0.2) is 42.5 Å². The molecular formula is C17H18N2O. The van der Waals surface area contributed by atoms with E-state index in [0.717, 1.165) is 17.0 Å². The predicted molar refractivity (Wildman–Crippen MR) is 81.1 cm³/mol.